The van der Waals surface area contributed by atoms with E-state index in [4.69, 9.17) is 5.11 Å². The van der Waals surface area contributed by atoms with Crippen molar-refractivity contribution in [2.75, 3.05) is 0 Å². The molecule has 60 valence electrons. The van der Waals surface area contributed by atoms with Gasteiger partial charge in [0.1, 0.15) is 0 Å². The molecule has 0 saturated carbocycles. The first kappa shape index (κ1) is 11.7. The molecule has 0 aliphatic carbocycles. The average Bonchev–Trinajstić information content (AvgIpc) is 1.87. The summed E-state index contributed by atoms with van der Waals surface area (Å²) in [6, 6.07) is 0. The number of aliphatic hydroxyl groups excluding tert-OH is 1. The summed E-state index contributed by atoms with van der Waals surface area (Å²) in [6.07, 6.45) is 2.32. The molecule has 0 rings (SSSR count). The van der Waals surface area contributed by atoms with Gasteiger partial charge in [-0.25, -0.2) is 0 Å². The molecule has 0 aliphatic heterocycles. The SMILES string of the molecule is CCCC(I)/C(I)=C(/O)I. The zero-order chi connectivity index (χ0) is 8.15. The molecule has 0 fully saturated rings. The summed E-state index contributed by atoms with van der Waals surface area (Å²) < 4.78 is 1.99. The number of alkyl halides is 1. The molecule has 1 unspecified atom stereocenters. The summed E-state index contributed by atoms with van der Waals surface area (Å²) in [4.78, 5) is 0. The van der Waals surface area contributed by atoms with Crippen LogP contribution >= 0.6 is 67.8 Å². The van der Waals surface area contributed by atoms with E-state index in [2.05, 4.69) is 52.1 Å². The Kier molecular flexibility index (Phi) is 7.35. The second-order valence-corrected chi connectivity index (χ2v) is 5.58. The van der Waals surface area contributed by atoms with E-state index < -0.39 is 0 Å². The zero-order valence-corrected chi connectivity index (χ0v) is 12.0. The number of halogens is 3. The maximum absolute atomic E-state index is 9.07. The summed E-state index contributed by atoms with van der Waals surface area (Å²) in [5.74, 6) is 0. The lowest BCUT2D eigenvalue weighted by Crippen LogP contribution is -1.97. The highest BCUT2D eigenvalue weighted by molar-refractivity contribution is 14.1. The number of hydrogen-bond acceptors (Lipinski definition) is 1. The molecule has 0 bridgehead atoms. The number of allylic oxidation sites excluding steroid dienone is 1. The molecule has 1 nitrogen and oxygen atoms in total. The second kappa shape index (κ2) is 6.27. The van der Waals surface area contributed by atoms with Gasteiger partial charge in [-0.15, -0.1) is 0 Å². The van der Waals surface area contributed by atoms with Gasteiger partial charge < -0.3 is 5.11 Å². The molecular weight excluding hydrogens is 469 g/mol. The Morgan fingerprint density at radius 1 is 1.50 bits per heavy atom. The van der Waals surface area contributed by atoms with Crippen LogP contribution in [0.2, 0.25) is 0 Å². The highest BCUT2D eigenvalue weighted by Crippen LogP contribution is 2.28. The summed E-state index contributed by atoms with van der Waals surface area (Å²) in [5.41, 5.74) is 0. The van der Waals surface area contributed by atoms with Gasteiger partial charge >= 0.3 is 0 Å². The van der Waals surface area contributed by atoms with E-state index in [0.717, 1.165) is 10.0 Å². The first-order valence-electron chi connectivity index (χ1n) is 2.97. The van der Waals surface area contributed by atoms with Gasteiger partial charge in [0, 0.05) is 3.92 Å². The lowest BCUT2D eigenvalue weighted by Gasteiger charge is -2.06. The highest BCUT2D eigenvalue weighted by atomic mass is 127. The fraction of sp³-hybridized carbons (Fsp3) is 0.667. The van der Waals surface area contributed by atoms with Gasteiger partial charge in [0.2, 0.25) is 0 Å². The summed E-state index contributed by atoms with van der Waals surface area (Å²) in [7, 11) is 0. The Bertz CT molecular complexity index is 129. The van der Waals surface area contributed by atoms with Crippen LogP contribution < -0.4 is 0 Å². The summed E-state index contributed by atoms with van der Waals surface area (Å²) in [6.45, 7) is 2.15. The maximum Gasteiger partial charge on any atom is 0.163 e. The number of hydrogen-bond donors (Lipinski definition) is 1. The molecule has 1 N–H and O–H groups in total. The van der Waals surface area contributed by atoms with E-state index in [1.165, 1.54) is 6.42 Å². The monoisotopic (exact) mass is 478 g/mol. The van der Waals surface area contributed by atoms with E-state index in [1.54, 1.807) is 0 Å². The maximum atomic E-state index is 9.07. The quantitative estimate of drug-likeness (QED) is 0.367. The van der Waals surface area contributed by atoms with E-state index in [-0.39, 0.29) is 0 Å². The van der Waals surface area contributed by atoms with Gasteiger partial charge in [0.15, 0.2) is 3.77 Å². The van der Waals surface area contributed by atoms with Crippen LogP contribution in [0.3, 0.4) is 0 Å². The molecule has 0 aromatic rings. The van der Waals surface area contributed by atoms with Crippen molar-refractivity contribution in [2.45, 2.75) is 23.7 Å². The average molecular weight is 478 g/mol. The van der Waals surface area contributed by atoms with E-state index in [0.29, 0.717) is 7.69 Å². The fourth-order valence-electron chi connectivity index (χ4n) is 0.509. The van der Waals surface area contributed by atoms with Crippen molar-refractivity contribution in [1.29, 1.82) is 0 Å². The first-order valence-corrected chi connectivity index (χ1v) is 6.38. The summed E-state index contributed by atoms with van der Waals surface area (Å²) >= 11 is 6.49. The molecule has 0 aromatic heterocycles. The minimum absolute atomic E-state index is 0.436. The Morgan fingerprint density at radius 2 is 2.00 bits per heavy atom. The number of rotatable bonds is 3. The van der Waals surface area contributed by atoms with Gasteiger partial charge in [-0.2, -0.15) is 0 Å². The van der Waals surface area contributed by atoms with Crippen LogP contribution in [0.15, 0.2) is 7.35 Å². The van der Waals surface area contributed by atoms with Gasteiger partial charge in [-0.05, 0) is 51.6 Å². The van der Waals surface area contributed by atoms with Crippen LogP contribution in [0.25, 0.3) is 0 Å². The largest absolute Gasteiger partial charge is 0.502 e. The predicted molar refractivity (Wildman–Crippen MR) is 70.4 cm³/mol. The third-order valence-electron chi connectivity index (χ3n) is 1.01. The van der Waals surface area contributed by atoms with E-state index >= 15 is 0 Å². The van der Waals surface area contributed by atoms with Crippen LogP contribution in [0.5, 0.6) is 0 Å². The molecule has 0 heterocycles. The number of aliphatic hydroxyl groups is 1. The molecule has 0 saturated heterocycles. The van der Waals surface area contributed by atoms with Crippen LogP contribution in [0, 0.1) is 0 Å². The molecule has 10 heavy (non-hydrogen) atoms. The standard InChI is InChI=1S/C6H9I3O/c1-2-3-4(7)5(8)6(9)10/h4,10H,2-3H2,1H3/b6-5-. The van der Waals surface area contributed by atoms with Gasteiger partial charge in [0.25, 0.3) is 0 Å². The Morgan fingerprint density at radius 3 is 2.30 bits per heavy atom. The Labute approximate surface area is 102 Å². The molecule has 1 atom stereocenters. The smallest absolute Gasteiger partial charge is 0.163 e. The lowest BCUT2D eigenvalue weighted by molar-refractivity contribution is 0.462. The molecule has 0 radical (unpaired) electrons. The van der Waals surface area contributed by atoms with Gasteiger partial charge in [-0.3, -0.25) is 0 Å². The van der Waals surface area contributed by atoms with Crippen molar-refractivity contribution in [3.8, 4) is 0 Å². The minimum Gasteiger partial charge on any atom is -0.502 e. The molecule has 0 aliphatic rings. The van der Waals surface area contributed by atoms with Crippen molar-refractivity contribution in [3.05, 3.63) is 7.35 Å². The van der Waals surface area contributed by atoms with E-state index in [9.17, 15) is 0 Å². The molecular formula is C6H9I3O. The normalized spacial score (nSPS) is 16.4. The topological polar surface area (TPSA) is 20.2 Å². The summed E-state index contributed by atoms with van der Waals surface area (Å²) in [5, 5.41) is 9.07. The molecule has 4 heteroatoms. The second-order valence-electron chi connectivity index (χ2n) is 1.89. The molecule has 0 aromatic carbocycles. The Hall–Kier alpha value is 1.73. The Balaban J connectivity index is 3.94. The van der Waals surface area contributed by atoms with Crippen molar-refractivity contribution in [2.24, 2.45) is 0 Å². The minimum atomic E-state index is 0.436. The van der Waals surface area contributed by atoms with Crippen LogP contribution in [0.1, 0.15) is 19.8 Å². The van der Waals surface area contributed by atoms with Crippen molar-refractivity contribution < 1.29 is 5.11 Å². The van der Waals surface area contributed by atoms with Crippen LogP contribution in [0.4, 0.5) is 0 Å². The molecule has 0 spiro atoms. The molecule has 0 amide bonds. The zero-order valence-electron chi connectivity index (χ0n) is 5.57. The van der Waals surface area contributed by atoms with Crippen molar-refractivity contribution >= 4 is 67.8 Å². The third-order valence-corrected chi connectivity index (χ3v) is 6.33. The van der Waals surface area contributed by atoms with E-state index in [1.807, 2.05) is 22.6 Å². The predicted octanol–water partition coefficient (Wildman–Crippen LogP) is 4.19. The van der Waals surface area contributed by atoms with Gasteiger partial charge in [0.05, 0.1) is 3.58 Å². The van der Waals surface area contributed by atoms with Crippen LogP contribution in [-0.2, 0) is 0 Å². The lowest BCUT2D eigenvalue weighted by atomic mass is 10.2. The van der Waals surface area contributed by atoms with Crippen LogP contribution in [-0.4, -0.2) is 9.03 Å². The van der Waals surface area contributed by atoms with Gasteiger partial charge in [-0.1, -0.05) is 35.9 Å². The highest BCUT2D eigenvalue weighted by Gasteiger charge is 2.09. The fourth-order valence-corrected chi connectivity index (χ4v) is 2.71. The van der Waals surface area contributed by atoms with Crippen molar-refractivity contribution in [3.63, 3.8) is 0 Å². The van der Waals surface area contributed by atoms with Crippen molar-refractivity contribution in [1.82, 2.24) is 0 Å². The third kappa shape index (κ3) is 4.58. The first-order chi connectivity index (χ1) is 4.59.